The van der Waals surface area contributed by atoms with Crippen LogP contribution in [0.25, 0.3) is 0 Å². The number of carboxylic acids is 1. The standard InChI is InChI=1S/C11H16F3NO3/c1-6-2-4-7(5-3-6)8(9(16)17)15-10(18)11(12,13)14/h6-8H,2-5H2,1H3,(H,15,18)(H,16,17). The molecule has 1 saturated carbocycles. The predicted molar refractivity (Wildman–Crippen MR) is 56.7 cm³/mol. The zero-order valence-electron chi connectivity index (χ0n) is 9.96. The lowest BCUT2D eigenvalue weighted by atomic mass is 9.79. The summed E-state index contributed by atoms with van der Waals surface area (Å²) in [5.41, 5.74) is 0. The minimum absolute atomic E-state index is 0.426. The number of hydrogen-bond acceptors (Lipinski definition) is 2. The van der Waals surface area contributed by atoms with Gasteiger partial charge in [0.05, 0.1) is 0 Å². The van der Waals surface area contributed by atoms with Crippen LogP contribution in [0, 0.1) is 11.8 Å². The fourth-order valence-electron chi connectivity index (χ4n) is 2.22. The van der Waals surface area contributed by atoms with E-state index in [1.807, 2.05) is 6.92 Å². The maximum atomic E-state index is 12.1. The molecule has 0 aromatic rings. The van der Waals surface area contributed by atoms with Crippen molar-refractivity contribution in [2.75, 3.05) is 0 Å². The summed E-state index contributed by atoms with van der Waals surface area (Å²) in [6, 6.07) is -1.45. The summed E-state index contributed by atoms with van der Waals surface area (Å²) in [5, 5.41) is 10.5. The van der Waals surface area contributed by atoms with Crippen LogP contribution in [-0.4, -0.2) is 29.2 Å². The summed E-state index contributed by atoms with van der Waals surface area (Å²) in [4.78, 5) is 21.7. The number of alkyl halides is 3. The number of carbonyl (C=O) groups excluding carboxylic acids is 1. The third kappa shape index (κ3) is 3.89. The Morgan fingerprint density at radius 2 is 1.72 bits per heavy atom. The molecule has 0 aliphatic heterocycles. The second-order valence-electron chi connectivity index (χ2n) is 4.81. The second-order valence-corrected chi connectivity index (χ2v) is 4.81. The molecular formula is C11H16F3NO3. The molecule has 2 N–H and O–H groups in total. The van der Waals surface area contributed by atoms with Crippen LogP contribution in [0.2, 0.25) is 0 Å². The third-order valence-corrected chi connectivity index (χ3v) is 3.34. The number of nitrogens with one attached hydrogen (secondary N) is 1. The average molecular weight is 267 g/mol. The van der Waals surface area contributed by atoms with E-state index in [9.17, 15) is 22.8 Å². The third-order valence-electron chi connectivity index (χ3n) is 3.34. The van der Waals surface area contributed by atoms with Crippen molar-refractivity contribution in [1.82, 2.24) is 5.32 Å². The van der Waals surface area contributed by atoms with Gasteiger partial charge in [-0.1, -0.05) is 19.8 Å². The lowest BCUT2D eigenvalue weighted by molar-refractivity contribution is -0.176. The summed E-state index contributed by atoms with van der Waals surface area (Å²) in [5.74, 6) is -3.57. The van der Waals surface area contributed by atoms with Crippen LogP contribution in [0.1, 0.15) is 32.6 Å². The molecule has 1 aliphatic carbocycles. The van der Waals surface area contributed by atoms with Gasteiger partial charge in [0.15, 0.2) is 0 Å². The Kier molecular flexibility index (Phi) is 4.59. The largest absolute Gasteiger partial charge is 0.480 e. The second kappa shape index (κ2) is 5.58. The Balaban J connectivity index is 2.66. The highest BCUT2D eigenvalue weighted by molar-refractivity contribution is 5.87. The van der Waals surface area contributed by atoms with E-state index in [-0.39, 0.29) is 0 Å². The van der Waals surface area contributed by atoms with E-state index in [1.54, 1.807) is 5.32 Å². The average Bonchev–Trinajstić information content (AvgIpc) is 2.25. The topological polar surface area (TPSA) is 66.4 Å². The Morgan fingerprint density at radius 1 is 1.22 bits per heavy atom. The molecule has 1 rings (SSSR count). The smallest absolute Gasteiger partial charge is 0.471 e. The van der Waals surface area contributed by atoms with Crippen LogP contribution >= 0.6 is 0 Å². The maximum absolute atomic E-state index is 12.1. The Bertz CT molecular complexity index is 322. The van der Waals surface area contributed by atoms with Crippen molar-refractivity contribution < 1.29 is 27.9 Å². The van der Waals surface area contributed by atoms with Gasteiger partial charge in [-0.15, -0.1) is 0 Å². The molecule has 4 nitrogen and oxygen atoms in total. The molecule has 1 unspecified atom stereocenters. The highest BCUT2D eigenvalue weighted by atomic mass is 19.4. The molecule has 0 spiro atoms. The molecule has 1 amide bonds. The van der Waals surface area contributed by atoms with Gasteiger partial charge >= 0.3 is 18.1 Å². The van der Waals surface area contributed by atoms with E-state index in [4.69, 9.17) is 5.11 Å². The van der Waals surface area contributed by atoms with Crippen molar-refractivity contribution in [3.63, 3.8) is 0 Å². The highest BCUT2D eigenvalue weighted by Gasteiger charge is 2.42. The zero-order valence-corrected chi connectivity index (χ0v) is 9.96. The van der Waals surface area contributed by atoms with E-state index in [0.29, 0.717) is 18.8 Å². The van der Waals surface area contributed by atoms with E-state index >= 15 is 0 Å². The summed E-state index contributed by atoms with van der Waals surface area (Å²) < 4.78 is 36.3. The van der Waals surface area contributed by atoms with Gasteiger partial charge in [-0.2, -0.15) is 13.2 Å². The SMILES string of the molecule is CC1CCC(C(NC(=O)C(F)(F)F)C(=O)O)CC1. The number of rotatable bonds is 3. The number of hydrogen-bond donors (Lipinski definition) is 2. The molecule has 0 aromatic carbocycles. The lowest BCUT2D eigenvalue weighted by Crippen LogP contribution is -2.51. The van der Waals surface area contributed by atoms with Gasteiger partial charge in [-0.05, 0) is 24.7 Å². The summed E-state index contributed by atoms with van der Waals surface area (Å²) in [6.45, 7) is 2.01. The van der Waals surface area contributed by atoms with E-state index in [0.717, 1.165) is 12.8 Å². The molecule has 0 heterocycles. The van der Waals surface area contributed by atoms with Crippen LogP contribution in [-0.2, 0) is 9.59 Å². The fraction of sp³-hybridized carbons (Fsp3) is 0.818. The zero-order chi connectivity index (χ0) is 13.9. The molecule has 0 radical (unpaired) electrons. The van der Waals surface area contributed by atoms with Gasteiger partial charge in [0.2, 0.25) is 0 Å². The van der Waals surface area contributed by atoms with Crippen molar-refractivity contribution in [2.45, 2.75) is 44.8 Å². The van der Waals surface area contributed by atoms with Crippen molar-refractivity contribution >= 4 is 11.9 Å². The first-order valence-corrected chi connectivity index (χ1v) is 5.82. The van der Waals surface area contributed by atoms with Gasteiger partial charge in [0, 0.05) is 0 Å². The van der Waals surface area contributed by atoms with E-state index in [1.165, 1.54) is 0 Å². The summed E-state index contributed by atoms with van der Waals surface area (Å²) in [6.07, 6.45) is -2.45. The number of carboxylic acid groups (broad SMARTS) is 1. The Morgan fingerprint density at radius 3 is 2.11 bits per heavy atom. The first kappa shape index (κ1) is 14.8. The van der Waals surface area contributed by atoms with Gasteiger partial charge in [-0.3, -0.25) is 4.79 Å². The number of carbonyl (C=O) groups is 2. The quantitative estimate of drug-likeness (QED) is 0.821. The first-order valence-electron chi connectivity index (χ1n) is 5.82. The molecule has 1 aliphatic rings. The molecule has 7 heteroatoms. The van der Waals surface area contributed by atoms with Crippen LogP contribution in [0.15, 0.2) is 0 Å². The normalized spacial score (nSPS) is 26.4. The highest BCUT2D eigenvalue weighted by Crippen LogP contribution is 2.31. The minimum atomic E-state index is -5.05. The molecule has 1 fully saturated rings. The molecule has 18 heavy (non-hydrogen) atoms. The van der Waals surface area contributed by atoms with Gasteiger partial charge < -0.3 is 10.4 Å². The molecule has 104 valence electrons. The van der Waals surface area contributed by atoms with Crippen LogP contribution in [0.3, 0.4) is 0 Å². The van der Waals surface area contributed by atoms with E-state index < -0.39 is 30.0 Å². The van der Waals surface area contributed by atoms with Crippen molar-refractivity contribution in [1.29, 1.82) is 0 Å². The van der Waals surface area contributed by atoms with Crippen LogP contribution in [0.4, 0.5) is 13.2 Å². The van der Waals surface area contributed by atoms with Crippen molar-refractivity contribution in [3.8, 4) is 0 Å². The predicted octanol–water partition coefficient (Wildman–Crippen LogP) is 1.94. The fourth-order valence-corrected chi connectivity index (χ4v) is 2.22. The lowest BCUT2D eigenvalue weighted by Gasteiger charge is -2.30. The number of amides is 1. The van der Waals surface area contributed by atoms with Crippen LogP contribution in [0.5, 0.6) is 0 Å². The van der Waals surface area contributed by atoms with Crippen molar-refractivity contribution in [3.05, 3.63) is 0 Å². The molecule has 0 aromatic heterocycles. The monoisotopic (exact) mass is 267 g/mol. The molecule has 0 saturated heterocycles. The number of aliphatic carboxylic acids is 1. The van der Waals surface area contributed by atoms with Gasteiger partial charge in [-0.25, -0.2) is 4.79 Å². The van der Waals surface area contributed by atoms with Crippen LogP contribution < -0.4 is 5.32 Å². The van der Waals surface area contributed by atoms with Crippen molar-refractivity contribution in [2.24, 2.45) is 11.8 Å². The first-order chi connectivity index (χ1) is 8.21. The molecular weight excluding hydrogens is 251 g/mol. The van der Waals surface area contributed by atoms with Gasteiger partial charge in [0.1, 0.15) is 6.04 Å². The minimum Gasteiger partial charge on any atom is -0.480 e. The molecule has 1 atom stereocenters. The Labute approximate surface area is 103 Å². The number of halogens is 3. The van der Waals surface area contributed by atoms with E-state index in [2.05, 4.69) is 0 Å². The summed E-state index contributed by atoms with van der Waals surface area (Å²) in [7, 11) is 0. The maximum Gasteiger partial charge on any atom is 0.471 e. The molecule has 0 bridgehead atoms. The van der Waals surface area contributed by atoms with Gasteiger partial charge in [0.25, 0.3) is 0 Å². The summed E-state index contributed by atoms with van der Waals surface area (Å²) >= 11 is 0. The Hall–Kier alpha value is -1.27.